The molecule has 0 radical (unpaired) electrons. The van der Waals surface area contributed by atoms with Gasteiger partial charge in [0.15, 0.2) is 16.7 Å². The molecule has 1 aliphatic heterocycles. The molecule has 7 heteroatoms. The third-order valence-corrected chi connectivity index (χ3v) is 6.82. The number of nitrogens with zero attached hydrogens (tertiary/aromatic N) is 4. The highest BCUT2D eigenvalue weighted by Gasteiger charge is 2.26. The number of phenols is 1. The average molecular weight is 439 g/mol. The molecular formula is C24H30N4O2S. The second kappa shape index (κ2) is 10.2. The van der Waals surface area contributed by atoms with Crippen molar-refractivity contribution in [3.05, 3.63) is 65.5 Å². The largest absolute Gasteiger partial charge is 0.504 e. The third-order valence-electron chi connectivity index (χ3n) is 5.73. The lowest BCUT2D eigenvalue weighted by molar-refractivity contribution is 0.192. The summed E-state index contributed by atoms with van der Waals surface area (Å²) in [7, 11) is 2.07. The molecule has 1 N–H and O–H groups in total. The predicted molar refractivity (Wildman–Crippen MR) is 124 cm³/mol. The minimum absolute atomic E-state index is 0.254. The molecule has 1 aromatic heterocycles. The van der Waals surface area contributed by atoms with E-state index >= 15 is 0 Å². The Bertz CT molecular complexity index is 992. The van der Waals surface area contributed by atoms with Crippen molar-refractivity contribution in [1.29, 1.82) is 0 Å². The molecule has 31 heavy (non-hydrogen) atoms. The van der Waals surface area contributed by atoms with Crippen molar-refractivity contribution in [2.24, 2.45) is 7.05 Å². The topological polar surface area (TPSA) is 63.4 Å². The van der Waals surface area contributed by atoms with Crippen molar-refractivity contribution in [2.45, 2.75) is 43.1 Å². The van der Waals surface area contributed by atoms with Gasteiger partial charge in [-0.1, -0.05) is 54.2 Å². The van der Waals surface area contributed by atoms with Crippen LogP contribution in [0.3, 0.4) is 0 Å². The summed E-state index contributed by atoms with van der Waals surface area (Å²) in [6, 6.07) is 16.2. The summed E-state index contributed by atoms with van der Waals surface area (Å²) in [6.45, 7) is 5.10. The van der Waals surface area contributed by atoms with Crippen LogP contribution in [0.15, 0.2) is 53.7 Å². The number of hydrogen-bond donors (Lipinski definition) is 1. The SMILES string of the molecule is CCOc1cccc(CN2CCC[C@@H](c3nnc(SCc4ccccc4)n3C)C2)c1O. The number of likely N-dealkylation sites (tertiary alicyclic amines) is 1. The number of hydrogen-bond acceptors (Lipinski definition) is 6. The predicted octanol–water partition coefficient (Wildman–Crippen LogP) is 4.59. The van der Waals surface area contributed by atoms with Crippen LogP contribution in [-0.4, -0.2) is 44.5 Å². The summed E-state index contributed by atoms with van der Waals surface area (Å²) in [5.74, 6) is 3.09. The fraction of sp³-hybridized carbons (Fsp3) is 0.417. The first-order chi connectivity index (χ1) is 15.2. The maximum absolute atomic E-state index is 10.6. The van der Waals surface area contributed by atoms with E-state index in [2.05, 4.69) is 51.0 Å². The van der Waals surface area contributed by atoms with Crippen molar-refractivity contribution >= 4 is 11.8 Å². The molecule has 0 saturated carbocycles. The summed E-state index contributed by atoms with van der Waals surface area (Å²) in [5, 5.41) is 20.5. The summed E-state index contributed by atoms with van der Waals surface area (Å²) in [4.78, 5) is 2.39. The van der Waals surface area contributed by atoms with E-state index in [0.29, 0.717) is 24.8 Å². The van der Waals surface area contributed by atoms with Gasteiger partial charge in [-0.15, -0.1) is 10.2 Å². The molecule has 1 saturated heterocycles. The fourth-order valence-electron chi connectivity index (χ4n) is 4.15. The first-order valence-corrected chi connectivity index (χ1v) is 11.9. The van der Waals surface area contributed by atoms with Crippen LogP contribution in [0.5, 0.6) is 11.5 Å². The highest BCUT2D eigenvalue weighted by molar-refractivity contribution is 7.98. The highest BCUT2D eigenvalue weighted by Crippen LogP contribution is 2.33. The summed E-state index contributed by atoms with van der Waals surface area (Å²) in [5.41, 5.74) is 2.19. The van der Waals surface area contributed by atoms with Crippen molar-refractivity contribution < 1.29 is 9.84 Å². The zero-order valence-electron chi connectivity index (χ0n) is 18.2. The van der Waals surface area contributed by atoms with E-state index in [1.54, 1.807) is 11.8 Å². The Morgan fingerprint density at radius 1 is 1.13 bits per heavy atom. The molecule has 1 fully saturated rings. The molecule has 0 unspecified atom stereocenters. The fourth-order valence-corrected chi connectivity index (χ4v) is 5.02. The molecule has 1 atom stereocenters. The van der Waals surface area contributed by atoms with Gasteiger partial charge < -0.3 is 14.4 Å². The highest BCUT2D eigenvalue weighted by atomic mass is 32.2. The molecule has 0 spiro atoms. The Labute approximate surface area is 188 Å². The Balaban J connectivity index is 1.41. The van der Waals surface area contributed by atoms with E-state index < -0.39 is 0 Å². The van der Waals surface area contributed by atoms with Crippen LogP contribution in [-0.2, 0) is 19.3 Å². The maximum Gasteiger partial charge on any atom is 0.191 e. The van der Waals surface area contributed by atoms with Gasteiger partial charge in [-0.2, -0.15) is 0 Å². The van der Waals surface area contributed by atoms with E-state index in [9.17, 15) is 5.11 Å². The average Bonchev–Trinajstić information content (AvgIpc) is 3.16. The second-order valence-corrected chi connectivity index (χ2v) is 8.89. The van der Waals surface area contributed by atoms with Gasteiger partial charge in [0.1, 0.15) is 5.82 Å². The molecular weight excluding hydrogens is 408 g/mol. The molecule has 2 heterocycles. The Morgan fingerprint density at radius 3 is 2.77 bits per heavy atom. The zero-order chi connectivity index (χ0) is 21.6. The third kappa shape index (κ3) is 5.22. The van der Waals surface area contributed by atoms with E-state index in [0.717, 1.165) is 48.2 Å². The number of thioether (sulfide) groups is 1. The van der Waals surface area contributed by atoms with Gasteiger partial charge in [-0.05, 0) is 37.9 Å². The first-order valence-electron chi connectivity index (χ1n) is 10.9. The lowest BCUT2D eigenvalue weighted by atomic mass is 9.96. The summed E-state index contributed by atoms with van der Waals surface area (Å²) >= 11 is 1.73. The van der Waals surface area contributed by atoms with Gasteiger partial charge >= 0.3 is 0 Å². The molecule has 6 nitrogen and oxygen atoms in total. The monoisotopic (exact) mass is 438 g/mol. The van der Waals surface area contributed by atoms with Crippen molar-refractivity contribution in [3.8, 4) is 11.5 Å². The number of para-hydroxylation sites is 1. The number of aromatic nitrogens is 3. The number of benzene rings is 2. The Kier molecular flexibility index (Phi) is 7.14. The molecule has 1 aliphatic rings. The van der Waals surface area contributed by atoms with Gasteiger partial charge in [0.25, 0.3) is 0 Å². The van der Waals surface area contributed by atoms with Crippen molar-refractivity contribution in [3.63, 3.8) is 0 Å². The lowest BCUT2D eigenvalue weighted by Gasteiger charge is -2.32. The number of ether oxygens (including phenoxy) is 1. The Hall–Kier alpha value is -2.51. The van der Waals surface area contributed by atoms with E-state index in [1.807, 2.05) is 31.2 Å². The maximum atomic E-state index is 10.6. The minimum atomic E-state index is 0.254. The van der Waals surface area contributed by atoms with Crippen LogP contribution in [0, 0.1) is 0 Å². The van der Waals surface area contributed by atoms with Crippen LogP contribution < -0.4 is 4.74 Å². The summed E-state index contributed by atoms with van der Waals surface area (Å²) in [6.07, 6.45) is 2.22. The van der Waals surface area contributed by atoms with E-state index in [4.69, 9.17) is 4.74 Å². The minimum Gasteiger partial charge on any atom is -0.504 e. The van der Waals surface area contributed by atoms with Gasteiger partial charge in [-0.25, -0.2) is 0 Å². The van der Waals surface area contributed by atoms with E-state index in [-0.39, 0.29) is 5.75 Å². The van der Waals surface area contributed by atoms with Crippen LogP contribution in [0.2, 0.25) is 0 Å². The number of rotatable bonds is 8. The molecule has 4 rings (SSSR count). The number of piperidine rings is 1. The summed E-state index contributed by atoms with van der Waals surface area (Å²) < 4.78 is 7.69. The van der Waals surface area contributed by atoms with Gasteiger partial charge in [0, 0.05) is 37.4 Å². The van der Waals surface area contributed by atoms with Gasteiger partial charge in [0.2, 0.25) is 0 Å². The number of aromatic hydroxyl groups is 1. The molecule has 2 aromatic carbocycles. The normalized spacial score (nSPS) is 17.0. The Morgan fingerprint density at radius 2 is 1.97 bits per heavy atom. The van der Waals surface area contributed by atoms with Gasteiger partial charge in [0.05, 0.1) is 6.61 Å². The first kappa shape index (κ1) is 21.7. The standard InChI is InChI=1S/C24H30N4O2S/c1-3-30-21-13-7-11-19(22(21)29)15-28-14-8-12-20(16-28)23-25-26-24(27(23)2)31-17-18-9-5-4-6-10-18/h4-7,9-11,13,20,29H,3,8,12,14-17H2,1-2H3/t20-/m1/s1. The van der Waals surface area contributed by atoms with Crippen LogP contribution >= 0.6 is 11.8 Å². The molecule has 0 aliphatic carbocycles. The van der Waals surface area contributed by atoms with Crippen molar-refractivity contribution in [2.75, 3.05) is 19.7 Å². The zero-order valence-corrected chi connectivity index (χ0v) is 19.0. The molecule has 164 valence electrons. The number of phenolic OH excluding ortho intramolecular Hbond substituents is 1. The molecule has 0 amide bonds. The lowest BCUT2D eigenvalue weighted by Crippen LogP contribution is -2.34. The van der Waals surface area contributed by atoms with Crippen LogP contribution in [0.1, 0.15) is 42.6 Å². The van der Waals surface area contributed by atoms with Crippen molar-refractivity contribution in [1.82, 2.24) is 19.7 Å². The van der Waals surface area contributed by atoms with E-state index in [1.165, 1.54) is 5.56 Å². The quantitative estimate of drug-likeness (QED) is 0.519. The molecule has 0 bridgehead atoms. The molecule has 3 aromatic rings. The van der Waals surface area contributed by atoms with Gasteiger partial charge in [-0.3, -0.25) is 4.90 Å². The van der Waals surface area contributed by atoms with Crippen LogP contribution in [0.25, 0.3) is 0 Å². The smallest absolute Gasteiger partial charge is 0.191 e. The van der Waals surface area contributed by atoms with Crippen LogP contribution in [0.4, 0.5) is 0 Å². The second-order valence-electron chi connectivity index (χ2n) is 7.95.